The number of β-amino-alcohol motifs (C(OH)–C–C–N with tert-alkyl or cyclic N) is 1. The Labute approximate surface area is 109 Å². The van der Waals surface area contributed by atoms with E-state index >= 15 is 0 Å². The van der Waals surface area contributed by atoms with Crippen LogP contribution in [-0.2, 0) is 0 Å². The van der Waals surface area contributed by atoms with E-state index in [0.717, 1.165) is 5.56 Å². The van der Waals surface area contributed by atoms with Gasteiger partial charge in [0.15, 0.2) is 0 Å². The molecular formula is C12H12ClN3O2. The summed E-state index contributed by atoms with van der Waals surface area (Å²) in [5, 5.41) is 17.1. The Balaban J connectivity index is 1.88. The molecule has 0 amide bonds. The summed E-state index contributed by atoms with van der Waals surface area (Å²) in [4.78, 5) is 4.32. The Morgan fingerprint density at radius 3 is 2.94 bits per heavy atom. The first-order valence-electron chi connectivity index (χ1n) is 5.74. The van der Waals surface area contributed by atoms with Crippen LogP contribution in [0.5, 0.6) is 0 Å². The van der Waals surface area contributed by atoms with E-state index in [9.17, 15) is 5.11 Å². The maximum absolute atomic E-state index is 9.46. The van der Waals surface area contributed by atoms with Crippen LogP contribution in [0.15, 0.2) is 28.8 Å². The molecule has 0 spiro atoms. The summed E-state index contributed by atoms with van der Waals surface area (Å²) in [6.07, 6.45) is 0.232. The van der Waals surface area contributed by atoms with Crippen LogP contribution in [0.25, 0.3) is 11.4 Å². The number of hydrogen-bond acceptors (Lipinski definition) is 5. The first-order chi connectivity index (χ1) is 8.74. The Morgan fingerprint density at radius 1 is 1.39 bits per heavy atom. The van der Waals surface area contributed by atoms with Crippen LogP contribution in [-0.4, -0.2) is 27.9 Å². The SMILES string of the molecule is OC1CNC(c2nc(-c3ccccc3Cl)no2)C1. The van der Waals surface area contributed by atoms with Gasteiger partial charge in [-0.25, -0.2) is 0 Å². The zero-order chi connectivity index (χ0) is 12.5. The van der Waals surface area contributed by atoms with Gasteiger partial charge in [-0.05, 0) is 18.6 Å². The molecule has 2 aromatic rings. The summed E-state index contributed by atoms with van der Waals surface area (Å²) >= 11 is 6.07. The Bertz CT molecular complexity index is 558. The van der Waals surface area contributed by atoms with E-state index in [1.54, 1.807) is 6.07 Å². The average Bonchev–Trinajstić information content (AvgIpc) is 2.98. The summed E-state index contributed by atoms with van der Waals surface area (Å²) < 4.78 is 5.21. The minimum absolute atomic E-state index is 0.0799. The van der Waals surface area contributed by atoms with Crippen LogP contribution < -0.4 is 5.32 Å². The maximum atomic E-state index is 9.46. The molecule has 5 nitrogen and oxygen atoms in total. The largest absolute Gasteiger partial charge is 0.392 e. The normalized spacial score (nSPS) is 23.4. The summed E-state index contributed by atoms with van der Waals surface area (Å²) in [7, 11) is 0. The van der Waals surface area contributed by atoms with E-state index in [2.05, 4.69) is 15.5 Å². The number of halogens is 1. The van der Waals surface area contributed by atoms with Crippen LogP contribution in [0.1, 0.15) is 18.4 Å². The van der Waals surface area contributed by atoms with Gasteiger partial charge >= 0.3 is 0 Å². The fraction of sp³-hybridized carbons (Fsp3) is 0.333. The first-order valence-corrected chi connectivity index (χ1v) is 6.12. The van der Waals surface area contributed by atoms with Crippen LogP contribution >= 0.6 is 11.6 Å². The van der Waals surface area contributed by atoms with Gasteiger partial charge in [0, 0.05) is 12.1 Å². The van der Waals surface area contributed by atoms with Crippen molar-refractivity contribution in [1.29, 1.82) is 0 Å². The van der Waals surface area contributed by atoms with Gasteiger partial charge in [-0.2, -0.15) is 4.98 Å². The van der Waals surface area contributed by atoms with E-state index in [4.69, 9.17) is 16.1 Å². The van der Waals surface area contributed by atoms with Crippen LogP contribution in [0, 0.1) is 0 Å². The van der Waals surface area contributed by atoms with Crippen LogP contribution in [0.2, 0.25) is 5.02 Å². The monoisotopic (exact) mass is 265 g/mol. The molecule has 2 heterocycles. The summed E-state index contributed by atoms with van der Waals surface area (Å²) in [6.45, 7) is 0.550. The molecule has 1 fully saturated rings. The topological polar surface area (TPSA) is 71.2 Å². The Morgan fingerprint density at radius 2 is 2.22 bits per heavy atom. The second-order valence-corrected chi connectivity index (χ2v) is 4.69. The molecule has 0 radical (unpaired) electrons. The number of nitrogens with zero attached hydrogens (tertiary/aromatic N) is 2. The molecule has 1 aromatic heterocycles. The number of rotatable bonds is 2. The van der Waals surface area contributed by atoms with Gasteiger partial charge in [-0.3, -0.25) is 0 Å². The number of benzene rings is 1. The zero-order valence-corrected chi connectivity index (χ0v) is 10.3. The molecule has 94 valence electrons. The van der Waals surface area contributed by atoms with E-state index in [-0.39, 0.29) is 12.1 Å². The Kier molecular flexibility index (Phi) is 3.03. The molecular weight excluding hydrogens is 254 g/mol. The number of hydrogen-bond donors (Lipinski definition) is 2. The van der Waals surface area contributed by atoms with Gasteiger partial charge < -0.3 is 14.9 Å². The van der Waals surface area contributed by atoms with E-state index in [1.807, 2.05) is 18.2 Å². The third kappa shape index (κ3) is 2.12. The van der Waals surface area contributed by atoms with Crippen molar-refractivity contribution in [3.05, 3.63) is 35.2 Å². The van der Waals surface area contributed by atoms with Crippen molar-refractivity contribution in [3.63, 3.8) is 0 Å². The van der Waals surface area contributed by atoms with Crippen molar-refractivity contribution in [2.75, 3.05) is 6.54 Å². The number of aromatic nitrogens is 2. The molecule has 1 saturated heterocycles. The lowest BCUT2D eigenvalue weighted by Gasteiger charge is -2.01. The molecule has 2 atom stereocenters. The van der Waals surface area contributed by atoms with Crippen molar-refractivity contribution < 1.29 is 9.63 Å². The molecule has 0 aliphatic carbocycles. The molecule has 1 aliphatic heterocycles. The van der Waals surface area contributed by atoms with E-state index in [0.29, 0.717) is 29.7 Å². The third-order valence-corrected chi connectivity index (χ3v) is 3.29. The van der Waals surface area contributed by atoms with Crippen molar-refractivity contribution in [3.8, 4) is 11.4 Å². The summed E-state index contributed by atoms with van der Waals surface area (Å²) in [5.41, 5.74) is 0.743. The second kappa shape index (κ2) is 4.68. The number of aliphatic hydroxyl groups excluding tert-OH is 1. The molecule has 6 heteroatoms. The first kappa shape index (κ1) is 11.6. The molecule has 0 saturated carbocycles. The molecule has 18 heavy (non-hydrogen) atoms. The van der Waals surface area contributed by atoms with Gasteiger partial charge in [-0.1, -0.05) is 28.9 Å². The van der Waals surface area contributed by atoms with Crippen molar-refractivity contribution >= 4 is 11.6 Å². The summed E-state index contributed by atoms with van der Waals surface area (Å²) in [5.74, 6) is 0.959. The van der Waals surface area contributed by atoms with Gasteiger partial charge in [0.2, 0.25) is 11.7 Å². The van der Waals surface area contributed by atoms with Crippen molar-refractivity contribution in [2.45, 2.75) is 18.6 Å². The highest BCUT2D eigenvalue weighted by molar-refractivity contribution is 6.33. The fourth-order valence-electron chi connectivity index (χ4n) is 2.03. The van der Waals surface area contributed by atoms with Crippen molar-refractivity contribution in [2.24, 2.45) is 0 Å². The number of nitrogens with one attached hydrogen (secondary N) is 1. The summed E-state index contributed by atoms with van der Waals surface area (Å²) in [6, 6.07) is 7.26. The molecule has 3 rings (SSSR count). The maximum Gasteiger partial charge on any atom is 0.244 e. The smallest absolute Gasteiger partial charge is 0.244 e. The van der Waals surface area contributed by atoms with Gasteiger partial charge in [0.05, 0.1) is 17.2 Å². The van der Waals surface area contributed by atoms with Gasteiger partial charge in [-0.15, -0.1) is 0 Å². The predicted octanol–water partition coefficient (Wildman–Crippen LogP) is 1.79. The molecule has 1 aromatic carbocycles. The highest BCUT2D eigenvalue weighted by atomic mass is 35.5. The lowest BCUT2D eigenvalue weighted by molar-refractivity contribution is 0.191. The lowest BCUT2D eigenvalue weighted by atomic mass is 10.2. The second-order valence-electron chi connectivity index (χ2n) is 4.29. The average molecular weight is 266 g/mol. The lowest BCUT2D eigenvalue weighted by Crippen LogP contribution is -2.15. The van der Waals surface area contributed by atoms with E-state index in [1.165, 1.54) is 0 Å². The molecule has 2 N–H and O–H groups in total. The highest BCUT2D eigenvalue weighted by Crippen LogP contribution is 2.28. The van der Waals surface area contributed by atoms with E-state index < -0.39 is 0 Å². The minimum Gasteiger partial charge on any atom is -0.392 e. The zero-order valence-electron chi connectivity index (χ0n) is 9.51. The van der Waals surface area contributed by atoms with Crippen LogP contribution in [0.3, 0.4) is 0 Å². The van der Waals surface area contributed by atoms with Gasteiger partial charge in [0.25, 0.3) is 0 Å². The predicted molar refractivity (Wildman–Crippen MR) is 66.1 cm³/mol. The fourth-order valence-corrected chi connectivity index (χ4v) is 2.25. The quantitative estimate of drug-likeness (QED) is 0.866. The minimum atomic E-state index is -0.356. The van der Waals surface area contributed by atoms with Crippen LogP contribution in [0.4, 0.5) is 0 Å². The van der Waals surface area contributed by atoms with Crippen molar-refractivity contribution in [1.82, 2.24) is 15.5 Å². The molecule has 1 aliphatic rings. The van der Waals surface area contributed by atoms with Gasteiger partial charge in [0.1, 0.15) is 0 Å². The molecule has 0 bridgehead atoms. The highest BCUT2D eigenvalue weighted by Gasteiger charge is 2.28. The third-order valence-electron chi connectivity index (χ3n) is 2.96. The molecule has 2 unspecified atom stereocenters. The number of aliphatic hydroxyl groups is 1. The standard InChI is InChI=1S/C12H12ClN3O2/c13-9-4-2-1-3-8(9)11-15-12(18-16-11)10-5-7(17)6-14-10/h1-4,7,10,14,17H,5-6H2. The Hall–Kier alpha value is -1.43.